The van der Waals surface area contributed by atoms with Gasteiger partial charge in [0.25, 0.3) is 5.69 Å². The number of nitrogens with two attached hydrogens (primary N) is 1. The van der Waals surface area contributed by atoms with Crippen LogP contribution in [0.3, 0.4) is 0 Å². The molecule has 0 bridgehead atoms. The van der Waals surface area contributed by atoms with E-state index in [4.69, 9.17) is 17.3 Å². The molecule has 0 aliphatic heterocycles. The topological polar surface area (TPSA) is 97.8 Å². The van der Waals surface area contributed by atoms with Crippen LogP contribution in [0.2, 0.25) is 5.02 Å². The molecule has 6 nitrogen and oxygen atoms in total. The van der Waals surface area contributed by atoms with Crippen LogP contribution in [0.5, 0.6) is 0 Å². The summed E-state index contributed by atoms with van der Waals surface area (Å²) in [5.41, 5.74) is 7.03. The van der Waals surface area contributed by atoms with Gasteiger partial charge < -0.3 is 10.7 Å². The van der Waals surface area contributed by atoms with Crippen LogP contribution >= 0.6 is 11.6 Å². The second-order valence-electron chi connectivity index (χ2n) is 5.19. The first kappa shape index (κ1) is 15.5. The number of rotatable bonds is 5. The summed E-state index contributed by atoms with van der Waals surface area (Å²) in [4.78, 5) is 18.0. The molecule has 2 rings (SSSR count). The molecule has 1 aromatic carbocycles. The summed E-state index contributed by atoms with van der Waals surface area (Å²) < 4.78 is 0. The number of hydrogen-bond acceptors (Lipinski definition) is 4. The summed E-state index contributed by atoms with van der Waals surface area (Å²) in [6.45, 7) is 4.64. The van der Waals surface area contributed by atoms with E-state index in [9.17, 15) is 10.1 Å². The highest BCUT2D eigenvalue weighted by Crippen LogP contribution is 2.30. The van der Waals surface area contributed by atoms with E-state index in [1.54, 1.807) is 12.3 Å². The molecule has 0 saturated heterocycles. The van der Waals surface area contributed by atoms with Gasteiger partial charge in [0.05, 0.1) is 16.8 Å². The Balaban J connectivity index is 2.38. The van der Waals surface area contributed by atoms with Gasteiger partial charge in [-0.05, 0) is 12.0 Å². The molecule has 0 aliphatic carbocycles. The Bertz CT molecular complexity index is 654. The highest BCUT2D eigenvalue weighted by molar-refractivity contribution is 6.32. The number of aromatic amines is 1. The molecule has 112 valence electrons. The lowest BCUT2D eigenvalue weighted by Gasteiger charge is -2.15. The Labute approximate surface area is 127 Å². The van der Waals surface area contributed by atoms with Crippen LogP contribution in [0.1, 0.15) is 25.6 Å². The average molecular weight is 309 g/mol. The molecule has 2 aromatic rings. The van der Waals surface area contributed by atoms with E-state index >= 15 is 0 Å². The van der Waals surface area contributed by atoms with Gasteiger partial charge in [-0.2, -0.15) is 0 Å². The van der Waals surface area contributed by atoms with E-state index in [-0.39, 0.29) is 16.6 Å². The first-order valence-electron chi connectivity index (χ1n) is 6.63. The maximum Gasteiger partial charge on any atom is 0.288 e. The first-order valence-corrected chi connectivity index (χ1v) is 7.01. The van der Waals surface area contributed by atoms with Crippen molar-refractivity contribution in [2.24, 2.45) is 11.7 Å². The highest BCUT2D eigenvalue weighted by atomic mass is 35.5. The number of H-pyrrole nitrogens is 1. The maximum atomic E-state index is 10.9. The molecule has 3 N–H and O–H groups in total. The van der Waals surface area contributed by atoms with Crippen molar-refractivity contribution < 1.29 is 4.92 Å². The van der Waals surface area contributed by atoms with Crippen LogP contribution in [-0.2, 0) is 0 Å². The summed E-state index contributed by atoms with van der Waals surface area (Å²) in [6.07, 6.45) is 1.66. The Morgan fingerprint density at radius 1 is 1.48 bits per heavy atom. The van der Waals surface area contributed by atoms with Crippen molar-refractivity contribution in [1.82, 2.24) is 9.97 Å². The number of nitrogens with zero attached hydrogens (tertiary/aromatic N) is 2. The van der Waals surface area contributed by atoms with Crippen LogP contribution in [0, 0.1) is 16.0 Å². The first-order chi connectivity index (χ1) is 9.93. The smallest absolute Gasteiger partial charge is 0.288 e. The van der Waals surface area contributed by atoms with Gasteiger partial charge in [0.15, 0.2) is 0 Å². The number of nitro groups is 1. The van der Waals surface area contributed by atoms with Crippen LogP contribution in [-0.4, -0.2) is 21.4 Å². The normalized spacial score (nSPS) is 12.6. The molecule has 0 radical (unpaired) electrons. The zero-order valence-corrected chi connectivity index (χ0v) is 12.6. The summed E-state index contributed by atoms with van der Waals surface area (Å²) in [6, 6.07) is 4.67. The van der Waals surface area contributed by atoms with E-state index in [1.807, 2.05) is 0 Å². The van der Waals surface area contributed by atoms with E-state index in [0.29, 0.717) is 23.7 Å². The number of aromatic nitrogens is 2. The Morgan fingerprint density at radius 3 is 2.76 bits per heavy atom. The molecule has 21 heavy (non-hydrogen) atoms. The van der Waals surface area contributed by atoms with Gasteiger partial charge in [-0.3, -0.25) is 10.1 Å². The SMILES string of the molecule is CC(C)C(CN)c1ncc(-c2ccc(Cl)c([N+](=O)[O-])c2)[nH]1. The minimum absolute atomic E-state index is 0.116. The molecule has 0 amide bonds. The number of halogens is 1. The van der Waals surface area contributed by atoms with Crippen molar-refractivity contribution in [1.29, 1.82) is 0 Å². The predicted octanol–water partition coefficient (Wildman–Crippen LogP) is 3.34. The van der Waals surface area contributed by atoms with Gasteiger partial charge in [0.1, 0.15) is 10.8 Å². The van der Waals surface area contributed by atoms with E-state index in [0.717, 1.165) is 5.82 Å². The number of nitro benzene ring substituents is 1. The van der Waals surface area contributed by atoms with Crippen LogP contribution in [0.25, 0.3) is 11.3 Å². The fourth-order valence-electron chi connectivity index (χ4n) is 2.19. The van der Waals surface area contributed by atoms with Gasteiger partial charge in [-0.15, -0.1) is 0 Å². The zero-order chi connectivity index (χ0) is 15.6. The highest BCUT2D eigenvalue weighted by Gasteiger charge is 2.19. The lowest BCUT2D eigenvalue weighted by Crippen LogP contribution is -2.19. The van der Waals surface area contributed by atoms with Crippen molar-refractivity contribution in [2.75, 3.05) is 6.54 Å². The third-order valence-electron chi connectivity index (χ3n) is 3.46. The van der Waals surface area contributed by atoms with Crippen molar-refractivity contribution in [3.05, 3.63) is 45.4 Å². The molecule has 0 fully saturated rings. The van der Waals surface area contributed by atoms with Crippen LogP contribution < -0.4 is 5.73 Å². The van der Waals surface area contributed by atoms with E-state index in [1.165, 1.54) is 12.1 Å². The molecule has 0 saturated carbocycles. The van der Waals surface area contributed by atoms with Crippen molar-refractivity contribution in [2.45, 2.75) is 19.8 Å². The number of imidazole rings is 1. The number of benzene rings is 1. The number of nitrogens with one attached hydrogen (secondary N) is 1. The molecule has 1 aromatic heterocycles. The molecule has 7 heteroatoms. The predicted molar refractivity (Wildman–Crippen MR) is 82.3 cm³/mol. The quantitative estimate of drug-likeness (QED) is 0.653. The average Bonchev–Trinajstić information content (AvgIpc) is 2.88. The maximum absolute atomic E-state index is 10.9. The van der Waals surface area contributed by atoms with Crippen LogP contribution in [0.4, 0.5) is 5.69 Å². The second-order valence-corrected chi connectivity index (χ2v) is 5.60. The van der Waals surface area contributed by atoms with Gasteiger partial charge in [-0.1, -0.05) is 31.5 Å². The minimum Gasteiger partial charge on any atom is -0.342 e. The standard InChI is InChI=1S/C14H17ClN4O2/c1-8(2)10(6-16)14-17-7-12(18-14)9-3-4-11(15)13(5-9)19(20)21/h3-5,7-8,10H,6,16H2,1-2H3,(H,17,18). The van der Waals surface area contributed by atoms with Gasteiger partial charge in [0.2, 0.25) is 0 Å². The summed E-state index contributed by atoms with van der Waals surface area (Å²) in [5.74, 6) is 1.27. The second kappa shape index (κ2) is 6.24. The molecule has 0 aliphatic rings. The monoisotopic (exact) mass is 308 g/mol. The van der Waals surface area contributed by atoms with E-state index in [2.05, 4.69) is 23.8 Å². The molecular weight excluding hydrogens is 292 g/mol. The number of hydrogen-bond donors (Lipinski definition) is 2. The lowest BCUT2D eigenvalue weighted by molar-refractivity contribution is -0.384. The van der Waals surface area contributed by atoms with Crippen molar-refractivity contribution in [3.63, 3.8) is 0 Å². The van der Waals surface area contributed by atoms with Crippen LogP contribution in [0.15, 0.2) is 24.4 Å². The van der Waals surface area contributed by atoms with Gasteiger partial charge in [0, 0.05) is 24.1 Å². The molecular formula is C14H17ClN4O2. The minimum atomic E-state index is -0.500. The van der Waals surface area contributed by atoms with Gasteiger partial charge in [-0.25, -0.2) is 4.98 Å². The molecule has 1 heterocycles. The van der Waals surface area contributed by atoms with E-state index < -0.39 is 4.92 Å². The summed E-state index contributed by atoms with van der Waals surface area (Å²) >= 11 is 5.81. The van der Waals surface area contributed by atoms with Crippen molar-refractivity contribution in [3.8, 4) is 11.3 Å². The molecule has 1 atom stereocenters. The summed E-state index contributed by atoms with van der Waals surface area (Å²) in [5, 5.41) is 11.0. The fraction of sp³-hybridized carbons (Fsp3) is 0.357. The Morgan fingerprint density at radius 2 is 2.19 bits per heavy atom. The fourth-order valence-corrected chi connectivity index (χ4v) is 2.38. The molecule has 1 unspecified atom stereocenters. The Hall–Kier alpha value is -1.92. The largest absolute Gasteiger partial charge is 0.342 e. The lowest BCUT2D eigenvalue weighted by atomic mass is 9.95. The van der Waals surface area contributed by atoms with Gasteiger partial charge >= 0.3 is 0 Å². The third kappa shape index (κ3) is 3.22. The molecule has 0 spiro atoms. The Kier molecular flexibility index (Phi) is 4.59. The van der Waals surface area contributed by atoms with Crippen molar-refractivity contribution >= 4 is 17.3 Å². The summed E-state index contributed by atoms with van der Waals surface area (Å²) in [7, 11) is 0. The third-order valence-corrected chi connectivity index (χ3v) is 3.78. The zero-order valence-electron chi connectivity index (χ0n) is 11.8.